The maximum atomic E-state index is 5.83. The Morgan fingerprint density at radius 3 is 2.90 bits per heavy atom. The number of nitrogens with zero attached hydrogens (tertiary/aromatic N) is 1. The van der Waals surface area contributed by atoms with Crippen LogP contribution in [-0.4, -0.2) is 31.1 Å². The molecule has 2 N–H and O–H groups in total. The maximum absolute atomic E-state index is 5.83. The van der Waals surface area contributed by atoms with Crippen molar-refractivity contribution in [1.82, 2.24) is 4.90 Å². The smallest absolute Gasteiger partial charge is 0.119 e. The fourth-order valence-corrected chi connectivity index (χ4v) is 2.94. The van der Waals surface area contributed by atoms with Gasteiger partial charge < -0.3 is 15.4 Å². The van der Waals surface area contributed by atoms with Crippen LogP contribution in [0, 0.1) is 5.41 Å². The second-order valence-corrected chi connectivity index (χ2v) is 6.91. The van der Waals surface area contributed by atoms with Crippen LogP contribution in [0.25, 0.3) is 0 Å². The lowest BCUT2D eigenvalue weighted by Crippen LogP contribution is -2.27. The lowest BCUT2D eigenvalue weighted by atomic mass is 9.85. The molecular weight excluding hydrogens is 260 g/mol. The second-order valence-electron chi connectivity index (χ2n) is 6.91. The zero-order valence-corrected chi connectivity index (χ0v) is 13.6. The number of hydrogen-bond acceptors (Lipinski definition) is 3. The zero-order chi connectivity index (χ0) is 15.1. The summed E-state index contributed by atoms with van der Waals surface area (Å²) in [4.78, 5) is 2.59. The zero-order valence-electron chi connectivity index (χ0n) is 13.6. The summed E-state index contributed by atoms with van der Waals surface area (Å²) in [5.74, 6) is 0.940. The first kappa shape index (κ1) is 16.3. The molecular formula is C18H30N2O. The van der Waals surface area contributed by atoms with Gasteiger partial charge in [-0.3, -0.25) is 0 Å². The predicted molar refractivity (Wildman–Crippen MR) is 88.5 cm³/mol. The molecule has 2 rings (SSSR count). The van der Waals surface area contributed by atoms with Gasteiger partial charge in [0.2, 0.25) is 0 Å². The third-order valence-corrected chi connectivity index (χ3v) is 4.45. The third-order valence-electron chi connectivity index (χ3n) is 4.45. The Kier molecular flexibility index (Phi) is 6.07. The van der Waals surface area contributed by atoms with Gasteiger partial charge in [0.15, 0.2) is 0 Å². The molecule has 0 unspecified atom stereocenters. The third kappa shape index (κ3) is 5.68. The van der Waals surface area contributed by atoms with Crippen molar-refractivity contribution in [3.8, 4) is 5.75 Å². The molecule has 1 saturated heterocycles. The highest BCUT2D eigenvalue weighted by molar-refractivity contribution is 5.28. The van der Waals surface area contributed by atoms with E-state index < -0.39 is 0 Å². The maximum Gasteiger partial charge on any atom is 0.119 e. The molecule has 0 aromatic heterocycles. The van der Waals surface area contributed by atoms with E-state index in [1.807, 2.05) is 24.3 Å². The van der Waals surface area contributed by atoms with Crippen LogP contribution in [0.3, 0.4) is 0 Å². The van der Waals surface area contributed by atoms with Crippen molar-refractivity contribution in [2.45, 2.75) is 46.1 Å². The SMILES string of the molecule is CC1(C)CCCN(CCCOc2cccc(CN)c2)CC1. The fourth-order valence-electron chi connectivity index (χ4n) is 2.94. The quantitative estimate of drug-likeness (QED) is 0.816. The van der Waals surface area contributed by atoms with E-state index in [4.69, 9.17) is 10.5 Å². The molecule has 1 aliphatic rings. The predicted octanol–water partition coefficient (Wildman–Crippen LogP) is 3.43. The van der Waals surface area contributed by atoms with E-state index in [0.717, 1.165) is 30.9 Å². The van der Waals surface area contributed by atoms with Gasteiger partial charge in [0.05, 0.1) is 6.61 Å². The minimum absolute atomic E-state index is 0.522. The molecule has 1 aromatic carbocycles. The molecule has 0 saturated carbocycles. The fraction of sp³-hybridized carbons (Fsp3) is 0.667. The summed E-state index contributed by atoms with van der Waals surface area (Å²) in [5, 5.41) is 0. The highest BCUT2D eigenvalue weighted by Crippen LogP contribution is 2.29. The molecule has 1 aromatic rings. The number of benzene rings is 1. The Morgan fingerprint density at radius 1 is 1.24 bits per heavy atom. The molecule has 21 heavy (non-hydrogen) atoms. The summed E-state index contributed by atoms with van der Waals surface area (Å²) >= 11 is 0. The van der Waals surface area contributed by atoms with Gasteiger partial charge in [-0.05, 0) is 61.9 Å². The molecule has 3 heteroatoms. The van der Waals surface area contributed by atoms with Crippen LogP contribution in [0.5, 0.6) is 5.75 Å². The first-order chi connectivity index (χ1) is 10.1. The molecule has 3 nitrogen and oxygen atoms in total. The second kappa shape index (κ2) is 7.81. The largest absolute Gasteiger partial charge is 0.494 e. The number of likely N-dealkylation sites (tertiary alicyclic amines) is 1. The van der Waals surface area contributed by atoms with E-state index in [2.05, 4.69) is 18.7 Å². The summed E-state index contributed by atoms with van der Waals surface area (Å²) in [7, 11) is 0. The van der Waals surface area contributed by atoms with Crippen LogP contribution < -0.4 is 10.5 Å². The first-order valence-corrected chi connectivity index (χ1v) is 8.23. The minimum Gasteiger partial charge on any atom is -0.494 e. The van der Waals surface area contributed by atoms with Crippen LogP contribution in [0.1, 0.15) is 45.1 Å². The highest BCUT2D eigenvalue weighted by atomic mass is 16.5. The van der Waals surface area contributed by atoms with E-state index in [9.17, 15) is 0 Å². The number of rotatable bonds is 6. The van der Waals surface area contributed by atoms with E-state index in [0.29, 0.717) is 12.0 Å². The molecule has 0 radical (unpaired) electrons. The molecule has 0 atom stereocenters. The van der Waals surface area contributed by atoms with Crippen molar-refractivity contribution >= 4 is 0 Å². The van der Waals surface area contributed by atoms with E-state index >= 15 is 0 Å². The Balaban J connectivity index is 1.67. The van der Waals surface area contributed by atoms with Crippen molar-refractivity contribution in [3.63, 3.8) is 0 Å². The summed E-state index contributed by atoms with van der Waals surface area (Å²) < 4.78 is 5.83. The lowest BCUT2D eigenvalue weighted by Gasteiger charge is -2.23. The normalized spacial score (nSPS) is 19.2. The van der Waals surface area contributed by atoms with Gasteiger partial charge in [-0.2, -0.15) is 0 Å². The number of hydrogen-bond donors (Lipinski definition) is 1. The van der Waals surface area contributed by atoms with Crippen molar-refractivity contribution in [2.24, 2.45) is 11.1 Å². The standard InChI is InChI=1S/C18H30N2O/c1-18(2)8-4-10-20(12-9-18)11-5-13-21-17-7-3-6-16(14-17)15-19/h3,6-7,14H,4-5,8-13,15,19H2,1-2H3. The van der Waals surface area contributed by atoms with Gasteiger partial charge in [0, 0.05) is 13.1 Å². The monoisotopic (exact) mass is 290 g/mol. The Hall–Kier alpha value is -1.06. The van der Waals surface area contributed by atoms with Crippen molar-refractivity contribution in [3.05, 3.63) is 29.8 Å². The van der Waals surface area contributed by atoms with Crippen molar-refractivity contribution in [1.29, 1.82) is 0 Å². The highest BCUT2D eigenvalue weighted by Gasteiger charge is 2.22. The molecule has 0 bridgehead atoms. The molecule has 118 valence electrons. The molecule has 0 spiro atoms. The average molecular weight is 290 g/mol. The van der Waals surface area contributed by atoms with Gasteiger partial charge in [0.1, 0.15) is 5.75 Å². The van der Waals surface area contributed by atoms with Gasteiger partial charge in [0.25, 0.3) is 0 Å². The minimum atomic E-state index is 0.522. The van der Waals surface area contributed by atoms with Crippen LogP contribution >= 0.6 is 0 Å². The Morgan fingerprint density at radius 2 is 2.10 bits per heavy atom. The van der Waals surface area contributed by atoms with Gasteiger partial charge in [-0.25, -0.2) is 0 Å². The van der Waals surface area contributed by atoms with E-state index in [1.54, 1.807) is 0 Å². The van der Waals surface area contributed by atoms with Crippen LogP contribution in [0.15, 0.2) is 24.3 Å². The molecule has 0 amide bonds. The topological polar surface area (TPSA) is 38.5 Å². The van der Waals surface area contributed by atoms with Crippen LogP contribution in [0.2, 0.25) is 0 Å². The van der Waals surface area contributed by atoms with Crippen molar-refractivity contribution < 1.29 is 4.74 Å². The number of nitrogens with two attached hydrogens (primary N) is 1. The molecule has 1 aliphatic heterocycles. The van der Waals surface area contributed by atoms with Crippen LogP contribution in [-0.2, 0) is 6.54 Å². The summed E-state index contributed by atoms with van der Waals surface area (Å²) in [6.45, 7) is 9.76. The molecule has 1 fully saturated rings. The number of ether oxygens (including phenoxy) is 1. The molecule has 1 heterocycles. The lowest BCUT2D eigenvalue weighted by molar-refractivity contribution is 0.231. The Bertz CT molecular complexity index is 431. The van der Waals surface area contributed by atoms with Crippen LogP contribution in [0.4, 0.5) is 0 Å². The average Bonchev–Trinajstić information content (AvgIpc) is 2.65. The van der Waals surface area contributed by atoms with Gasteiger partial charge >= 0.3 is 0 Å². The van der Waals surface area contributed by atoms with Gasteiger partial charge in [-0.15, -0.1) is 0 Å². The Labute approximate surface area is 129 Å². The summed E-state index contributed by atoms with van der Waals surface area (Å²) in [6, 6.07) is 8.09. The van der Waals surface area contributed by atoms with Gasteiger partial charge in [-0.1, -0.05) is 26.0 Å². The molecule has 0 aliphatic carbocycles. The van der Waals surface area contributed by atoms with Crippen molar-refractivity contribution in [2.75, 3.05) is 26.2 Å². The van der Waals surface area contributed by atoms with E-state index in [1.165, 1.54) is 32.4 Å². The first-order valence-electron chi connectivity index (χ1n) is 8.23. The summed E-state index contributed by atoms with van der Waals surface area (Å²) in [6.07, 6.45) is 5.08. The summed E-state index contributed by atoms with van der Waals surface area (Å²) in [5.41, 5.74) is 7.29. The van der Waals surface area contributed by atoms with E-state index in [-0.39, 0.29) is 0 Å².